The van der Waals surface area contributed by atoms with E-state index in [0.29, 0.717) is 5.02 Å². The summed E-state index contributed by atoms with van der Waals surface area (Å²) >= 11 is 6.78. The number of rotatable bonds is 4. The highest BCUT2D eigenvalue weighted by Gasteiger charge is 2.16. The van der Waals surface area contributed by atoms with Crippen LogP contribution in [0.5, 0.6) is 0 Å². The zero-order valence-electron chi connectivity index (χ0n) is 10.1. The van der Waals surface area contributed by atoms with Crippen LogP contribution in [-0.2, 0) is 14.8 Å². The molecule has 1 aromatic carbocycles. The van der Waals surface area contributed by atoms with Crippen LogP contribution < -0.4 is 4.72 Å². The molecule has 2 rings (SSSR count). The van der Waals surface area contributed by atoms with Gasteiger partial charge in [0.1, 0.15) is 4.21 Å². The van der Waals surface area contributed by atoms with Crippen LogP contribution >= 0.6 is 22.9 Å². The van der Waals surface area contributed by atoms with Gasteiger partial charge < -0.3 is 0 Å². The second-order valence-electron chi connectivity index (χ2n) is 3.79. The van der Waals surface area contributed by atoms with Gasteiger partial charge in [-0.1, -0.05) is 29.8 Å². The summed E-state index contributed by atoms with van der Waals surface area (Å²) in [5.74, 6) is -0.701. The summed E-state index contributed by atoms with van der Waals surface area (Å²) in [5, 5.41) is 2.22. The van der Waals surface area contributed by atoms with Gasteiger partial charge in [0.25, 0.3) is 15.9 Å². The SMILES string of the molecule is O=C(/C=C/c1ccc(Cl)cc1)NS(=O)(=O)c1cccs1. The van der Waals surface area contributed by atoms with Crippen LogP contribution in [0, 0.1) is 0 Å². The van der Waals surface area contributed by atoms with E-state index in [0.717, 1.165) is 23.0 Å². The van der Waals surface area contributed by atoms with Crippen LogP contribution in [-0.4, -0.2) is 14.3 Å². The van der Waals surface area contributed by atoms with Gasteiger partial charge in [0, 0.05) is 11.1 Å². The fourth-order valence-electron chi connectivity index (χ4n) is 1.38. The van der Waals surface area contributed by atoms with Crippen LogP contribution in [0.2, 0.25) is 5.02 Å². The molecule has 4 nitrogen and oxygen atoms in total. The van der Waals surface area contributed by atoms with Crippen molar-refractivity contribution in [1.29, 1.82) is 0 Å². The van der Waals surface area contributed by atoms with E-state index in [4.69, 9.17) is 11.6 Å². The Morgan fingerprint density at radius 1 is 1.20 bits per heavy atom. The molecule has 0 fully saturated rings. The van der Waals surface area contributed by atoms with Crippen molar-refractivity contribution in [2.75, 3.05) is 0 Å². The molecule has 0 spiro atoms. The first-order valence-electron chi connectivity index (χ1n) is 5.51. The zero-order valence-corrected chi connectivity index (χ0v) is 12.5. The minimum absolute atomic E-state index is 0.103. The molecule has 1 N–H and O–H groups in total. The summed E-state index contributed by atoms with van der Waals surface area (Å²) in [6.07, 6.45) is 2.67. The average Bonchev–Trinajstić information content (AvgIpc) is 2.92. The molecular weight excluding hydrogens is 318 g/mol. The molecule has 1 heterocycles. The predicted molar refractivity (Wildman–Crippen MR) is 80.1 cm³/mol. The quantitative estimate of drug-likeness (QED) is 0.878. The topological polar surface area (TPSA) is 63.2 Å². The van der Waals surface area contributed by atoms with Gasteiger partial charge in [0.15, 0.2) is 0 Å². The van der Waals surface area contributed by atoms with E-state index >= 15 is 0 Å². The molecule has 0 bridgehead atoms. The lowest BCUT2D eigenvalue weighted by Crippen LogP contribution is -2.28. The highest BCUT2D eigenvalue weighted by molar-refractivity contribution is 7.92. The largest absolute Gasteiger partial charge is 0.273 e. The molecule has 2 aromatic rings. The lowest BCUT2D eigenvalue weighted by atomic mass is 10.2. The number of nitrogens with one attached hydrogen (secondary N) is 1. The molecule has 1 aromatic heterocycles. The third-order valence-corrected chi connectivity index (χ3v) is 5.29. The molecule has 0 unspecified atom stereocenters. The summed E-state index contributed by atoms with van der Waals surface area (Å²) < 4.78 is 25.6. The van der Waals surface area contributed by atoms with E-state index in [1.54, 1.807) is 35.7 Å². The summed E-state index contributed by atoms with van der Waals surface area (Å²) in [6.45, 7) is 0. The molecule has 0 aliphatic rings. The maximum Gasteiger partial charge on any atom is 0.273 e. The minimum atomic E-state index is -3.78. The van der Waals surface area contributed by atoms with Gasteiger partial charge in [-0.05, 0) is 35.2 Å². The van der Waals surface area contributed by atoms with E-state index in [1.165, 1.54) is 12.1 Å². The third-order valence-electron chi connectivity index (χ3n) is 2.29. The Morgan fingerprint density at radius 3 is 2.50 bits per heavy atom. The van der Waals surface area contributed by atoms with Crippen molar-refractivity contribution >= 4 is 44.9 Å². The molecule has 1 amide bonds. The number of hydrogen-bond acceptors (Lipinski definition) is 4. The van der Waals surface area contributed by atoms with Crippen LogP contribution in [0.3, 0.4) is 0 Å². The average molecular weight is 328 g/mol. The van der Waals surface area contributed by atoms with Crippen LogP contribution in [0.1, 0.15) is 5.56 Å². The summed E-state index contributed by atoms with van der Waals surface area (Å²) in [6, 6.07) is 9.85. The van der Waals surface area contributed by atoms with Crippen molar-refractivity contribution in [2.45, 2.75) is 4.21 Å². The van der Waals surface area contributed by atoms with Crippen molar-refractivity contribution in [3.05, 3.63) is 58.4 Å². The number of carbonyl (C=O) groups is 1. The number of benzene rings is 1. The van der Waals surface area contributed by atoms with E-state index in [1.807, 2.05) is 4.72 Å². The highest BCUT2D eigenvalue weighted by atomic mass is 35.5. The molecule has 0 saturated heterocycles. The summed E-state index contributed by atoms with van der Waals surface area (Å²) in [4.78, 5) is 11.6. The summed E-state index contributed by atoms with van der Waals surface area (Å²) in [7, 11) is -3.78. The van der Waals surface area contributed by atoms with E-state index in [9.17, 15) is 13.2 Å². The Morgan fingerprint density at radius 2 is 1.90 bits per heavy atom. The molecule has 104 valence electrons. The van der Waals surface area contributed by atoms with Crippen molar-refractivity contribution < 1.29 is 13.2 Å². The number of halogens is 1. The van der Waals surface area contributed by atoms with Crippen molar-refractivity contribution in [3.63, 3.8) is 0 Å². The fraction of sp³-hybridized carbons (Fsp3) is 0. The number of thiophene rings is 1. The van der Waals surface area contributed by atoms with Gasteiger partial charge in [-0.15, -0.1) is 11.3 Å². The van der Waals surface area contributed by atoms with Crippen LogP contribution in [0.15, 0.2) is 52.1 Å². The zero-order chi connectivity index (χ0) is 14.6. The van der Waals surface area contributed by atoms with Gasteiger partial charge in [-0.2, -0.15) is 0 Å². The lowest BCUT2D eigenvalue weighted by molar-refractivity contribution is -0.114. The Labute approximate surface area is 125 Å². The minimum Gasteiger partial charge on any atom is -0.269 e. The second-order valence-corrected chi connectivity index (χ2v) is 7.08. The van der Waals surface area contributed by atoms with E-state index in [2.05, 4.69) is 0 Å². The van der Waals surface area contributed by atoms with E-state index < -0.39 is 15.9 Å². The molecule has 20 heavy (non-hydrogen) atoms. The maximum absolute atomic E-state index is 11.8. The molecule has 7 heteroatoms. The Hall–Kier alpha value is -1.63. The smallest absolute Gasteiger partial charge is 0.269 e. The first kappa shape index (κ1) is 14.8. The molecule has 0 aliphatic heterocycles. The van der Waals surface area contributed by atoms with E-state index in [-0.39, 0.29) is 4.21 Å². The molecule has 0 atom stereocenters. The normalized spacial score (nSPS) is 11.7. The van der Waals surface area contributed by atoms with Gasteiger partial charge in [-0.25, -0.2) is 13.1 Å². The predicted octanol–water partition coefficient (Wildman–Crippen LogP) is 2.92. The monoisotopic (exact) mass is 327 g/mol. The van der Waals surface area contributed by atoms with Gasteiger partial charge in [0.05, 0.1) is 0 Å². The Balaban J connectivity index is 2.04. The molecular formula is C13H10ClNO3S2. The molecule has 0 saturated carbocycles. The van der Waals surface area contributed by atoms with Crippen molar-refractivity contribution in [3.8, 4) is 0 Å². The van der Waals surface area contributed by atoms with Crippen LogP contribution in [0.4, 0.5) is 0 Å². The first-order chi connectivity index (χ1) is 9.47. The second kappa shape index (κ2) is 6.21. The standard InChI is InChI=1S/C13H10ClNO3S2/c14-11-6-3-10(4-7-11)5-8-12(16)15-20(17,18)13-2-1-9-19-13/h1-9H,(H,15,16)/b8-5+. The number of sulfonamides is 1. The summed E-state index contributed by atoms with van der Waals surface area (Å²) in [5.41, 5.74) is 0.748. The Bertz CT molecular complexity index is 719. The fourth-order valence-corrected chi connectivity index (χ4v) is 3.44. The third kappa shape index (κ3) is 3.93. The van der Waals surface area contributed by atoms with Crippen LogP contribution in [0.25, 0.3) is 6.08 Å². The van der Waals surface area contributed by atoms with Crippen molar-refractivity contribution in [1.82, 2.24) is 4.72 Å². The molecule has 0 aliphatic carbocycles. The van der Waals surface area contributed by atoms with Gasteiger partial charge in [0.2, 0.25) is 0 Å². The highest BCUT2D eigenvalue weighted by Crippen LogP contribution is 2.15. The number of carbonyl (C=O) groups excluding carboxylic acids is 1. The lowest BCUT2D eigenvalue weighted by Gasteiger charge is -2.01. The first-order valence-corrected chi connectivity index (χ1v) is 8.25. The Kier molecular flexibility index (Phi) is 4.59. The van der Waals surface area contributed by atoms with Gasteiger partial charge in [-0.3, -0.25) is 4.79 Å². The number of hydrogen-bond donors (Lipinski definition) is 1. The maximum atomic E-state index is 11.8. The number of amides is 1. The van der Waals surface area contributed by atoms with Gasteiger partial charge >= 0.3 is 0 Å². The molecule has 0 radical (unpaired) electrons. The van der Waals surface area contributed by atoms with Crippen molar-refractivity contribution in [2.24, 2.45) is 0 Å².